The molecule has 5 heteroatoms. The van der Waals surface area contributed by atoms with E-state index in [0.29, 0.717) is 37.2 Å². The van der Waals surface area contributed by atoms with Crippen molar-refractivity contribution < 1.29 is 19.4 Å². The van der Waals surface area contributed by atoms with Gasteiger partial charge in [0.15, 0.2) is 11.9 Å². The lowest BCUT2D eigenvalue weighted by molar-refractivity contribution is -0.139. The second-order valence-electron chi connectivity index (χ2n) is 7.08. The lowest BCUT2D eigenvalue weighted by Crippen LogP contribution is -2.45. The number of rotatable bonds is 5. The van der Waals surface area contributed by atoms with Gasteiger partial charge in [-0.15, -0.1) is 0 Å². The van der Waals surface area contributed by atoms with Crippen LogP contribution in [0.15, 0.2) is 48.5 Å². The minimum absolute atomic E-state index is 0.0499. The van der Waals surface area contributed by atoms with Crippen molar-refractivity contribution in [1.82, 2.24) is 4.90 Å². The zero-order chi connectivity index (χ0) is 19.4. The highest BCUT2D eigenvalue weighted by Gasteiger charge is 2.30. The maximum atomic E-state index is 12.6. The first-order valence-electron chi connectivity index (χ1n) is 9.29. The molecule has 3 rings (SSSR count). The maximum Gasteiger partial charge on any atom is 0.263 e. The number of hydrogen-bond donors (Lipinski definition) is 1. The summed E-state index contributed by atoms with van der Waals surface area (Å²) in [5, 5.41) is 9.35. The van der Waals surface area contributed by atoms with E-state index in [1.54, 1.807) is 24.0 Å². The van der Waals surface area contributed by atoms with Crippen LogP contribution in [0, 0.1) is 12.8 Å². The van der Waals surface area contributed by atoms with Crippen molar-refractivity contribution in [3.8, 4) is 11.5 Å². The van der Waals surface area contributed by atoms with Gasteiger partial charge in [0.05, 0.1) is 0 Å². The highest BCUT2D eigenvalue weighted by atomic mass is 16.5. The van der Waals surface area contributed by atoms with Crippen LogP contribution in [-0.2, 0) is 4.79 Å². The number of nitrogens with zero attached hydrogens (tertiary/aromatic N) is 1. The molecule has 5 nitrogen and oxygen atoms in total. The predicted molar refractivity (Wildman–Crippen MR) is 103 cm³/mol. The minimum atomic E-state index is -0.558. The van der Waals surface area contributed by atoms with Crippen molar-refractivity contribution in [3.63, 3.8) is 0 Å². The van der Waals surface area contributed by atoms with E-state index in [2.05, 4.69) is 0 Å². The molecule has 1 N–H and O–H groups in total. The number of phenolic OH excluding ortho intramolecular Hbond substituents is 1. The number of Topliss-reactive ketones (excluding diaryl/α,β-unsaturated/α-hetero) is 1. The summed E-state index contributed by atoms with van der Waals surface area (Å²) < 4.78 is 5.76. The van der Waals surface area contributed by atoms with Gasteiger partial charge < -0.3 is 14.7 Å². The predicted octanol–water partition coefficient (Wildman–Crippen LogP) is 3.59. The van der Waals surface area contributed by atoms with E-state index in [4.69, 9.17) is 4.74 Å². The summed E-state index contributed by atoms with van der Waals surface area (Å²) in [6.45, 7) is 4.86. The van der Waals surface area contributed by atoms with Gasteiger partial charge in [-0.1, -0.05) is 17.7 Å². The van der Waals surface area contributed by atoms with Gasteiger partial charge in [0.1, 0.15) is 11.5 Å². The Labute approximate surface area is 159 Å². The molecule has 1 unspecified atom stereocenters. The van der Waals surface area contributed by atoms with Crippen molar-refractivity contribution in [3.05, 3.63) is 59.7 Å². The smallest absolute Gasteiger partial charge is 0.263 e. The number of amides is 1. The Morgan fingerprint density at radius 3 is 2.22 bits per heavy atom. The van der Waals surface area contributed by atoms with Gasteiger partial charge in [-0.2, -0.15) is 0 Å². The van der Waals surface area contributed by atoms with Gasteiger partial charge in [-0.25, -0.2) is 0 Å². The third kappa shape index (κ3) is 4.67. The summed E-state index contributed by atoms with van der Waals surface area (Å²) in [7, 11) is 0. The zero-order valence-electron chi connectivity index (χ0n) is 15.7. The SMILES string of the molecule is Cc1ccc(OC(C)C(=O)N2CCC(C(=O)c3ccc(O)cc3)CC2)cc1. The molecule has 1 amide bonds. The zero-order valence-corrected chi connectivity index (χ0v) is 15.7. The molecule has 1 heterocycles. The van der Waals surface area contributed by atoms with Crippen LogP contribution in [0.5, 0.6) is 11.5 Å². The summed E-state index contributed by atoms with van der Waals surface area (Å²) in [5.74, 6) is 0.762. The Balaban J connectivity index is 1.53. The lowest BCUT2D eigenvalue weighted by atomic mass is 9.88. The minimum Gasteiger partial charge on any atom is -0.508 e. The average molecular weight is 367 g/mol. The van der Waals surface area contributed by atoms with E-state index in [1.807, 2.05) is 31.2 Å². The second-order valence-corrected chi connectivity index (χ2v) is 7.08. The molecule has 0 saturated carbocycles. The molecule has 1 saturated heterocycles. The van der Waals surface area contributed by atoms with E-state index < -0.39 is 6.10 Å². The number of hydrogen-bond acceptors (Lipinski definition) is 4. The third-order valence-electron chi connectivity index (χ3n) is 5.01. The van der Waals surface area contributed by atoms with E-state index in [0.717, 1.165) is 5.56 Å². The molecule has 0 bridgehead atoms. The quantitative estimate of drug-likeness (QED) is 0.820. The highest BCUT2D eigenvalue weighted by Crippen LogP contribution is 2.24. The van der Waals surface area contributed by atoms with Crippen LogP contribution in [0.3, 0.4) is 0 Å². The van der Waals surface area contributed by atoms with E-state index in [9.17, 15) is 14.7 Å². The van der Waals surface area contributed by atoms with Crippen LogP contribution in [0.25, 0.3) is 0 Å². The number of ketones is 1. The molecule has 0 aliphatic carbocycles. The molecule has 2 aromatic carbocycles. The Hall–Kier alpha value is -2.82. The molecule has 0 aromatic heterocycles. The van der Waals surface area contributed by atoms with Crippen molar-refractivity contribution in [2.24, 2.45) is 5.92 Å². The summed E-state index contributed by atoms with van der Waals surface area (Å²) in [4.78, 5) is 27.0. The number of aryl methyl sites for hydroxylation is 1. The van der Waals surface area contributed by atoms with E-state index in [1.165, 1.54) is 12.1 Å². The molecule has 0 spiro atoms. The van der Waals surface area contributed by atoms with Crippen molar-refractivity contribution in [1.29, 1.82) is 0 Å². The molecule has 0 radical (unpaired) electrons. The fraction of sp³-hybridized carbons (Fsp3) is 0.364. The van der Waals surface area contributed by atoms with Gasteiger partial charge in [-0.05, 0) is 63.1 Å². The molecule has 1 aliphatic rings. The maximum absolute atomic E-state index is 12.6. The van der Waals surface area contributed by atoms with Crippen LogP contribution in [0.2, 0.25) is 0 Å². The van der Waals surface area contributed by atoms with E-state index in [-0.39, 0.29) is 23.4 Å². The normalized spacial score (nSPS) is 16.0. The van der Waals surface area contributed by atoms with Crippen LogP contribution in [0.1, 0.15) is 35.7 Å². The number of piperidine rings is 1. The molecule has 1 fully saturated rings. The van der Waals surface area contributed by atoms with Crippen LogP contribution >= 0.6 is 0 Å². The number of carbonyl (C=O) groups is 2. The van der Waals surface area contributed by atoms with Crippen LogP contribution in [-0.4, -0.2) is 40.9 Å². The summed E-state index contributed by atoms with van der Waals surface area (Å²) in [6, 6.07) is 14.0. The molecule has 1 atom stereocenters. The van der Waals surface area contributed by atoms with Gasteiger partial charge in [0.2, 0.25) is 0 Å². The number of likely N-dealkylation sites (tertiary alicyclic amines) is 1. The largest absolute Gasteiger partial charge is 0.508 e. The van der Waals surface area contributed by atoms with Gasteiger partial charge >= 0.3 is 0 Å². The first-order chi connectivity index (χ1) is 12.9. The monoisotopic (exact) mass is 367 g/mol. The topological polar surface area (TPSA) is 66.8 Å². The van der Waals surface area contributed by atoms with E-state index >= 15 is 0 Å². The van der Waals surface area contributed by atoms with Crippen molar-refractivity contribution in [2.75, 3.05) is 13.1 Å². The summed E-state index contributed by atoms with van der Waals surface area (Å²) >= 11 is 0. The number of benzene rings is 2. The fourth-order valence-electron chi connectivity index (χ4n) is 3.35. The third-order valence-corrected chi connectivity index (χ3v) is 5.01. The van der Waals surface area contributed by atoms with Crippen LogP contribution in [0.4, 0.5) is 0 Å². The second kappa shape index (κ2) is 8.25. The Morgan fingerprint density at radius 2 is 1.63 bits per heavy atom. The number of phenols is 1. The molecule has 2 aromatic rings. The van der Waals surface area contributed by atoms with Crippen molar-refractivity contribution >= 4 is 11.7 Å². The fourth-order valence-corrected chi connectivity index (χ4v) is 3.35. The van der Waals surface area contributed by atoms with Gasteiger partial charge in [-0.3, -0.25) is 9.59 Å². The van der Waals surface area contributed by atoms with Crippen LogP contribution < -0.4 is 4.74 Å². The molecule has 1 aliphatic heterocycles. The molecular weight excluding hydrogens is 342 g/mol. The molecule has 27 heavy (non-hydrogen) atoms. The van der Waals surface area contributed by atoms with Gasteiger partial charge in [0, 0.05) is 24.6 Å². The Morgan fingerprint density at radius 1 is 1.04 bits per heavy atom. The molecular formula is C22H25NO4. The standard InChI is InChI=1S/C22H25NO4/c1-15-3-9-20(10-4-15)27-16(2)22(26)23-13-11-18(12-14-23)21(25)17-5-7-19(24)8-6-17/h3-10,16,18,24H,11-14H2,1-2H3. The Kier molecular flexibility index (Phi) is 5.79. The first-order valence-corrected chi connectivity index (χ1v) is 9.29. The number of aromatic hydroxyl groups is 1. The highest BCUT2D eigenvalue weighted by molar-refractivity contribution is 5.98. The Bertz CT molecular complexity index is 790. The average Bonchev–Trinajstić information content (AvgIpc) is 2.69. The first kappa shape index (κ1) is 19.0. The lowest BCUT2D eigenvalue weighted by Gasteiger charge is -2.33. The summed E-state index contributed by atoms with van der Waals surface area (Å²) in [5.41, 5.74) is 1.75. The molecule has 142 valence electrons. The van der Waals surface area contributed by atoms with Crippen molar-refractivity contribution in [2.45, 2.75) is 32.8 Å². The van der Waals surface area contributed by atoms with Gasteiger partial charge in [0.25, 0.3) is 5.91 Å². The number of ether oxygens (including phenoxy) is 1. The number of carbonyl (C=O) groups excluding carboxylic acids is 2. The summed E-state index contributed by atoms with van der Waals surface area (Å²) in [6.07, 6.45) is 0.725.